The van der Waals surface area contributed by atoms with Gasteiger partial charge in [-0.3, -0.25) is 19.7 Å². The fraction of sp³-hybridized carbons (Fsp3) is 0.333. The van der Waals surface area contributed by atoms with Gasteiger partial charge in [-0.25, -0.2) is 0 Å². The zero-order valence-electron chi connectivity index (χ0n) is 16.9. The first-order chi connectivity index (χ1) is 14.4. The van der Waals surface area contributed by atoms with Gasteiger partial charge in [0.2, 0.25) is 5.91 Å². The number of hydrogen-bond donors (Lipinski definition) is 2. The highest BCUT2D eigenvalue weighted by atomic mass is 16.6. The molecule has 2 aromatic carbocycles. The minimum atomic E-state index is -0.737. The first-order valence-corrected chi connectivity index (χ1v) is 9.72. The fourth-order valence-electron chi connectivity index (χ4n) is 3.18. The lowest BCUT2D eigenvalue weighted by Gasteiger charge is -2.35. The van der Waals surface area contributed by atoms with E-state index in [4.69, 9.17) is 4.74 Å². The van der Waals surface area contributed by atoms with Crippen LogP contribution in [0.5, 0.6) is 5.75 Å². The number of nitrogens with one attached hydrogen (secondary N) is 2. The second-order valence-electron chi connectivity index (χ2n) is 7.05. The van der Waals surface area contributed by atoms with Crippen molar-refractivity contribution in [3.8, 4) is 5.75 Å². The summed E-state index contributed by atoms with van der Waals surface area (Å²) in [5.74, 6) is -0.0472. The molecule has 0 saturated carbocycles. The number of amides is 2. The van der Waals surface area contributed by atoms with E-state index in [9.17, 15) is 19.7 Å². The zero-order chi connectivity index (χ0) is 21.7. The molecule has 1 aliphatic rings. The third-order valence-corrected chi connectivity index (χ3v) is 4.74. The summed E-state index contributed by atoms with van der Waals surface area (Å²) in [6.45, 7) is 4.46. The Morgan fingerprint density at radius 1 is 1.27 bits per heavy atom. The SMILES string of the molecule is CCCNC(=O)[C@H]1CN(CC(=O)Nc2cc([N+](=O)[O-])ccc2C)c2ccccc2O1. The number of nitro groups is 1. The van der Waals surface area contributed by atoms with Gasteiger partial charge in [-0.1, -0.05) is 25.1 Å². The molecule has 1 aliphatic heterocycles. The lowest BCUT2D eigenvalue weighted by atomic mass is 10.1. The van der Waals surface area contributed by atoms with E-state index in [2.05, 4.69) is 10.6 Å². The maximum absolute atomic E-state index is 12.7. The van der Waals surface area contributed by atoms with Gasteiger partial charge in [0, 0.05) is 18.7 Å². The molecule has 0 saturated heterocycles. The predicted molar refractivity (Wildman–Crippen MR) is 113 cm³/mol. The predicted octanol–water partition coefficient (Wildman–Crippen LogP) is 2.64. The quantitative estimate of drug-likeness (QED) is 0.534. The van der Waals surface area contributed by atoms with Gasteiger partial charge >= 0.3 is 0 Å². The number of nitrogens with zero attached hydrogens (tertiary/aromatic N) is 2. The van der Waals surface area contributed by atoms with E-state index in [-0.39, 0.29) is 30.6 Å². The van der Waals surface area contributed by atoms with Gasteiger partial charge in [0.05, 0.1) is 29.4 Å². The van der Waals surface area contributed by atoms with Crippen LogP contribution in [0, 0.1) is 17.0 Å². The molecule has 0 aliphatic carbocycles. The van der Waals surface area contributed by atoms with Crippen LogP contribution in [0.25, 0.3) is 0 Å². The van der Waals surface area contributed by atoms with Crippen molar-refractivity contribution in [2.75, 3.05) is 29.9 Å². The van der Waals surface area contributed by atoms with Crippen LogP contribution in [-0.4, -0.2) is 42.5 Å². The lowest BCUT2D eigenvalue weighted by Crippen LogP contribution is -2.50. The zero-order valence-corrected chi connectivity index (χ0v) is 16.9. The van der Waals surface area contributed by atoms with E-state index in [1.54, 1.807) is 30.0 Å². The molecule has 9 nitrogen and oxygen atoms in total. The van der Waals surface area contributed by atoms with Crippen molar-refractivity contribution in [1.82, 2.24) is 5.32 Å². The molecule has 30 heavy (non-hydrogen) atoms. The average molecular weight is 412 g/mol. The number of carbonyl (C=O) groups excluding carboxylic acids is 2. The van der Waals surface area contributed by atoms with Gasteiger partial charge in [0.15, 0.2) is 6.10 Å². The summed E-state index contributed by atoms with van der Waals surface area (Å²) >= 11 is 0. The van der Waals surface area contributed by atoms with E-state index >= 15 is 0 Å². The van der Waals surface area contributed by atoms with E-state index in [1.807, 2.05) is 19.1 Å². The molecule has 9 heteroatoms. The smallest absolute Gasteiger partial charge is 0.271 e. The molecule has 2 amide bonds. The van der Waals surface area contributed by atoms with E-state index in [0.717, 1.165) is 6.42 Å². The molecule has 0 radical (unpaired) electrons. The molecule has 3 rings (SSSR count). The summed E-state index contributed by atoms with van der Waals surface area (Å²) in [4.78, 5) is 37.4. The molecule has 2 N–H and O–H groups in total. The van der Waals surface area contributed by atoms with Crippen LogP contribution >= 0.6 is 0 Å². The highest BCUT2D eigenvalue weighted by molar-refractivity contribution is 5.95. The maximum Gasteiger partial charge on any atom is 0.271 e. The monoisotopic (exact) mass is 412 g/mol. The topological polar surface area (TPSA) is 114 Å². The molecule has 0 fully saturated rings. The highest BCUT2D eigenvalue weighted by Crippen LogP contribution is 2.33. The summed E-state index contributed by atoms with van der Waals surface area (Å²) < 4.78 is 5.82. The number of hydrogen-bond acceptors (Lipinski definition) is 6. The second kappa shape index (κ2) is 9.25. The summed E-state index contributed by atoms with van der Waals surface area (Å²) in [6, 6.07) is 11.5. The van der Waals surface area contributed by atoms with Crippen molar-refractivity contribution >= 4 is 28.9 Å². The first-order valence-electron chi connectivity index (χ1n) is 9.72. The van der Waals surface area contributed by atoms with Gasteiger partial charge in [-0.2, -0.15) is 0 Å². The minimum Gasteiger partial charge on any atom is -0.477 e. The van der Waals surface area contributed by atoms with Crippen molar-refractivity contribution in [2.24, 2.45) is 0 Å². The Morgan fingerprint density at radius 3 is 2.77 bits per heavy atom. The maximum atomic E-state index is 12.7. The van der Waals surface area contributed by atoms with Crippen LogP contribution < -0.4 is 20.3 Å². The number of nitro benzene ring substituents is 1. The van der Waals surface area contributed by atoms with Crippen LogP contribution in [0.3, 0.4) is 0 Å². The number of anilines is 2. The molecule has 2 aromatic rings. The Bertz CT molecular complexity index is 962. The number of carbonyl (C=O) groups is 2. The fourth-order valence-corrected chi connectivity index (χ4v) is 3.18. The third-order valence-electron chi connectivity index (χ3n) is 4.74. The van der Waals surface area contributed by atoms with Gasteiger partial charge in [0.1, 0.15) is 5.75 Å². The Hall–Kier alpha value is -3.62. The normalized spacial score (nSPS) is 15.0. The van der Waals surface area contributed by atoms with Crippen LogP contribution in [0.15, 0.2) is 42.5 Å². The molecule has 0 spiro atoms. The highest BCUT2D eigenvalue weighted by Gasteiger charge is 2.31. The average Bonchev–Trinajstić information content (AvgIpc) is 2.73. The third kappa shape index (κ3) is 4.86. The van der Waals surface area contributed by atoms with Crippen molar-refractivity contribution in [1.29, 1.82) is 0 Å². The standard InChI is InChI=1S/C21H24N4O5/c1-3-10-22-21(27)19-12-24(17-6-4-5-7-18(17)30-19)13-20(26)23-16-11-15(25(28)29)9-8-14(16)2/h4-9,11,19H,3,10,12-13H2,1-2H3,(H,22,27)(H,23,26)/t19-/m1/s1. The number of aryl methyl sites for hydroxylation is 1. The number of rotatable bonds is 7. The van der Waals surface area contributed by atoms with Crippen LogP contribution in [-0.2, 0) is 9.59 Å². The van der Waals surface area contributed by atoms with Gasteiger partial charge < -0.3 is 20.3 Å². The summed E-state index contributed by atoms with van der Waals surface area (Å²) in [6.07, 6.45) is 0.0720. The minimum absolute atomic E-state index is 0.0277. The van der Waals surface area contributed by atoms with Crippen LogP contribution in [0.2, 0.25) is 0 Å². The number of ether oxygens (including phenoxy) is 1. The van der Waals surface area contributed by atoms with Crippen LogP contribution in [0.4, 0.5) is 17.1 Å². The summed E-state index contributed by atoms with van der Waals surface area (Å²) in [5.41, 5.74) is 1.71. The van der Waals surface area contributed by atoms with Crippen molar-refractivity contribution < 1.29 is 19.2 Å². The molecular weight excluding hydrogens is 388 g/mol. The molecule has 0 bridgehead atoms. The van der Waals surface area contributed by atoms with E-state index in [1.165, 1.54) is 12.1 Å². The molecule has 0 aromatic heterocycles. The van der Waals surface area contributed by atoms with Crippen molar-refractivity contribution in [3.63, 3.8) is 0 Å². The first kappa shape index (κ1) is 21.1. The Balaban J connectivity index is 1.76. The number of non-ortho nitro benzene ring substituents is 1. The Labute approximate surface area is 174 Å². The van der Waals surface area contributed by atoms with Crippen molar-refractivity contribution in [3.05, 3.63) is 58.1 Å². The van der Waals surface area contributed by atoms with Gasteiger partial charge in [-0.15, -0.1) is 0 Å². The number of fused-ring (bicyclic) bond motifs is 1. The molecule has 1 heterocycles. The number of para-hydroxylation sites is 2. The summed E-state index contributed by atoms with van der Waals surface area (Å²) in [5, 5.41) is 16.6. The van der Waals surface area contributed by atoms with E-state index < -0.39 is 11.0 Å². The number of benzene rings is 2. The largest absolute Gasteiger partial charge is 0.477 e. The van der Waals surface area contributed by atoms with Gasteiger partial charge in [0.25, 0.3) is 11.6 Å². The lowest BCUT2D eigenvalue weighted by molar-refractivity contribution is -0.384. The Kier molecular flexibility index (Phi) is 6.51. The molecule has 1 atom stereocenters. The second-order valence-corrected chi connectivity index (χ2v) is 7.05. The van der Waals surface area contributed by atoms with Gasteiger partial charge in [-0.05, 0) is 31.0 Å². The molecule has 158 valence electrons. The Morgan fingerprint density at radius 2 is 2.03 bits per heavy atom. The molecular formula is C21H24N4O5. The van der Waals surface area contributed by atoms with Crippen LogP contribution in [0.1, 0.15) is 18.9 Å². The van der Waals surface area contributed by atoms with E-state index in [0.29, 0.717) is 29.2 Å². The van der Waals surface area contributed by atoms with Crippen molar-refractivity contribution in [2.45, 2.75) is 26.4 Å². The summed E-state index contributed by atoms with van der Waals surface area (Å²) in [7, 11) is 0. The molecule has 0 unspecified atom stereocenters.